The highest BCUT2D eigenvalue weighted by Gasteiger charge is 2.07. The summed E-state index contributed by atoms with van der Waals surface area (Å²) in [5, 5.41) is 2.87. The molecule has 0 atom stereocenters. The Morgan fingerprint density at radius 3 is 2.89 bits per heavy atom. The van der Waals surface area contributed by atoms with E-state index >= 15 is 0 Å². The van der Waals surface area contributed by atoms with Gasteiger partial charge >= 0.3 is 0 Å². The van der Waals surface area contributed by atoms with Gasteiger partial charge in [0.05, 0.1) is 25.6 Å². The first-order valence-corrected chi connectivity index (χ1v) is 5.95. The molecular formula is C11H17ClN4O2. The van der Waals surface area contributed by atoms with Crippen molar-refractivity contribution in [3.05, 3.63) is 23.2 Å². The molecule has 1 aromatic rings. The van der Waals surface area contributed by atoms with E-state index in [-0.39, 0.29) is 16.8 Å². The van der Waals surface area contributed by atoms with Crippen LogP contribution in [0.5, 0.6) is 0 Å². The van der Waals surface area contributed by atoms with E-state index in [2.05, 4.69) is 15.3 Å². The number of rotatable bonds is 7. The molecule has 1 heterocycles. The van der Waals surface area contributed by atoms with Crippen LogP contribution < -0.4 is 5.32 Å². The fourth-order valence-electron chi connectivity index (χ4n) is 1.13. The maximum atomic E-state index is 11.6. The molecule has 0 unspecified atom stereocenters. The Labute approximate surface area is 111 Å². The molecule has 0 spiro atoms. The van der Waals surface area contributed by atoms with Crippen LogP contribution in [0.15, 0.2) is 12.4 Å². The molecule has 0 aliphatic heterocycles. The first-order chi connectivity index (χ1) is 8.59. The molecule has 1 rings (SSSR count). The molecule has 0 radical (unpaired) electrons. The van der Waals surface area contributed by atoms with Crippen LogP contribution in [0.1, 0.15) is 10.5 Å². The Hall–Kier alpha value is -1.24. The first-order valence-electron chi connectivity index (χ1n) is 5.58. The Bertz CT molecular complexity index is 387. The number of nitrogens with zero attached hydrogens (tertiary/aromatic N) is 3. The van der Waals surface area contributed by atoms with Crippen LogP contribution in [0, 0.1) is 0 Å². The fourth-order valence-corrected chi connectivity index (χ4v) is 1.28. The van der Waals surface area contributed by atoms with Gasteiger partial charge in [-0.3, -0.25) is 9.78 Å². The van der Waals surface area contributed by atoms with E-state index in [1.54, 1.807) is 0 Å². The average molecular weight is 273 g/mol. The molecule has 18 heavy (non-hydrogen) atoms. The van der Waals surface area contributed by atoms with Gasteiger partial charge in [0.1, 0.15) is 10.8 Å². The first kappa shape index (κ1) is 14.8. The number of halogens is 1. The Morgan fingerprint density at radius 2 is 2.22 bits per heavy atom. The monoisotopic (exact) mass is 272 g/mol. The van der Waals surface area contributed by atoms with E-state index in [0.717, 1.165) is 6.54 Å². The van der Waals surface area contributed by atoms with Crippen molar-refractivity contribution in [3.63, 3.8) is 0 Å². The van der Waals surface area contributed by atoms with Gasteiger partial charge in [-0.25, -0.2) is 4.98 Å². The summed E-state index contributed by atoms with van der Waals surface area (Å²) < 4.78 is 5.34. The van der Waals surface area contributed by atoms with Crippen molar-refractivity contribution in [2.75, 3.05) is 40.4 Å². The summed E-state index contributed by atoms with van der Waals surface area (Å²) in [6, 6.07) is 0. The highest BCUT2D eigenvalue weighted by atomic mass is 35.5. The van der Waals surface area contributed by atoms with Crippen LogP contribution in [0.3, 0.4) is 0 Å². The highest BCUT2D eigenvalue weighted by molar-refractivity contribution is 6.29. The standard InChI is InChI=1S/C11H17ClN4O2/c1-16(2)4-6-18-5-3-14-11(17)9-7-13-8-10(12)15-9/h7-8H,3-6H2,1-2H3,(H,14,17). The van der Waals surface area contributed by atoms with Crippen LogP contribution in [0.4, 0.5) is 0 Å². The maximum absolute atomic E-state index is 11.6. The minimum absolute atomic E-state index is 0.199. The third-order valence-electron chi connectivity index (χ3n) is 2.05. The van der Waals surface area contributed by atoms with Gasteiger partial charge in [-0.2, -0.15) is 0 Å². The molecule has 1 aromatic heterocycles. The molecule has 0 aromatic carbocycles. The average Bonchev–Trinajstić information content (AvgIpc) is 2.33. The number of carbonyl (C=O) groups is 1. The third kappa shape index (κ3) is 5.90. The second-order valence-corrected chi connectivity index (χ2v) is 4.29. The molecule has 0 saturated heterocycles. The van der Waals surface area contributed by atoms with Gasteiger partial charge in [-0.05, 0) is 14.1 Å². The second-order valence-electron chi connectivity index (χ2n) is 3.90. The number of aromatic nitrogens is 2. The van der Waals surface area contributed by atoms with Gasteiger partial charge in [0.25, 0.3) is 5.91 Å². The molecule has 0 fully saturated rings. The van der Waals surface area contributed by atoms with Crippen LogP contribution in [0.25, 0.3) is 0 Å². The van der Waals surface area contributed by atoms with E-state index in [1.807, 2.05) is 19.0 Å². The Morgan fingerprint density at radius 1 is 1.44 bits per heavy atom. The zero-order chi connectivity index (χ0) is 13.4. The van der Waals surface area contributed by atoms with Crippen LogP contribution in [-0.2, 0) is 4.74 Å². The highest BCUT2D eigenvalue weighted by Crippen LogP contribution is 2.01. The van der Waals surface area contributed by atoms with Crippen molar-refractivity contribution in [3.8, 4) is 0 Å². The predicted octanol–water partition coefficient (Wildman–Crippen LogP) is 0.438. The van der Waals surface area contributed by atoms with Crippen LogP contribution in [0.2, 0.25) is 5.15 Å². The van der Waals surface area contributed by atoms with Crippen molar-refractivity contribution in [1.29, 1.82) is 0 Å². The Kier molecular flexibility index (Phi) is 6.56. The van der Waals surface area contributed by atoms with Gasteiger partial charge in [-0.1, -0.05) is 11.6 Å². The lowest BCUT2D eigenvalue weighted by atomic mass is 10.4. The van der Waals surface area contributed by atoms with E-state index in [4.69, 9.17) is 16.3 Å². The number of ether oxygens (including phenoxy) is 1. The SMILES string of the molecule is CN(C)CCOCCNC(=O)c1cncc(Cl)n1. The minimum atomic E-state index is -0.304. The van der Waals surface area contributed by atoms with Crippen molar-refractivity contribution in [2.45, 2.75) is 0 Å². The fraction of sp³-hybridized carbons (Fsp3) is 0.545. The van der Waals surface area contributed by atoms with E-state index in [9.17, 15) is 4.79 Å². The van der Waals surface area contributed by atoms with E-state index < -0.39 is 0 Å². The minimum Gasteiger partial charge on any atom is -0.378 e. The predicted molar refractivity (Wildman–Crippen MR) is 68.7 cm³/mol. The molecule has 100 valence electrons. The summed E-state index contributed by atoms with van der Waals surface area (Å²) in [4.78, 5) is 21.3. The summed E-state index contributed by atoms with van der Waals surface area (Å²) in [5.41, 5.74) is 0.204. The molecule has 7 heteroatoms. The molecule has 1 amide bonds. The van der Waals surface area contributed by atoms with Gasteiger partial charge in [0.2, 0.25) is 0 Å². The van der Waals surface area contributed by atoms with Crippen molar-refractivity contribution in [2.24, 2.45) is 0 Å². The van der Waals surface area contributed by atoms with Crippen LogP contribution in [-0.4, -0.2) is 61.2 Å². The number of likely N-dealkylation sites (N-methyl/N-ethyl adjacent to an activating group) is 1. The smallest absolute Gasteiger partial charge is 0.271 e. The summed E-state index contributed by atoms with van der Waals surface area (Å²) in [6.45, 7) is 2.39. The van der Waals surface area contributed by atoms with Crippen molar-refractivity contribution < 1.29 is 9.53 Å². The number of amides is 1. The molecule has 6 nitrogen and oxygen atoms in total. The summed E-state index contributed by atoms with van der Waals surface area (Å²) in [5.74, 6) is -0.304. The number of nitrogens with one attached hydrogen (secondary N) is 1. The number of carbonyl (C=O) groups excluding carboxylic acids is 1. The quantitative estimate of drug-likeness (QED) is 0.730. The van der Waals surface area contributed by atoms with E-state index in [0.29, 0.717) is 19.8 Å². The lowest BCUT2D eigenvalue weighted by Gasteiger charge is -2.10. The lowest BCUT2D eigenvalue weighted by molar-refractivity contribution is 0.0895. The van der Waals surface area contributed by atoms with Gasteiger partial charge in [0.15, 0.2) is 0 Å². The van der Waals surface area contributed by atoms with Crippen LogP contribution >= 0.6 is 11.6 Å². The van der Waals surface area contributed by atoms with Crippen molar-refractivity contribution in [1.82, 2.24) is 20.2 Å². The molecule has 1 N–H and O–H groups in total. The molecular weight excluding hydrogens is 256 g/mol. The zero-order valence-corrected chi connectivity index (χ0v) is 11.3. The topological polar surface area (TPSA) is 67.3 Å². The molecule has 0 saturated carbocycles. The van der Waals surface area contributed by atoms with Gasteiger partial charge in [0, 0.05) is 13.1 Å². The summed E-state index contributed by atoms with van der Waals surface area (Å²) in [6.07, 6.45) is 2.75. The largest absolute Gasteiger partial charge is 0.378 e. The van der Waals surface area contributed by atoms with Crippen molar-refractivity contribution >= 4 is 17.5 Å². The maximum Gasteiger partial charge on any atom is 0.271 e. The molecule has 0 bridgehead atoms. The normalized spacial score (nSPS) is 10.7. The number of hydrogen-bond donors (Lipinski definition) is 1. The number of hydrogen-bond acceptors (Lipinski definition) is 5. The van der Waals surface area contributed by atoms with E-state index in [1.165, 1.54) is 12.4 Å². The second kappa shape index (κ2) is 7.97. The molecule has 0 aliphatic rings. The zero-order valence-electron chi connectivity index (χ0n) is 10.5. The third-order valence-corrected chi connectivity index (χ3v) is 2.23. The van der Waals surface area contributed by atoms with Gasteiger partial charge < -0.3 is 15.0 Å². The van der Waals surface area contributed by atoms with Gasteiger partial charge in [-0.15, -0.1) is 0 Å². The lowest BCUT2D eigenvalue weighted by Crippen LogP contribution is -2.29. The summed E-state index contributed by atoms with van der Waals surface area (Å²) >= 11 is 5.64. The summed E-state index contributed by atoms with van der Waals surface area (Å²) in [7, 11) is 3.95. The molecule has 0 aliphatic carbocycles. The Balaban J connectivity index is 2.18.